The zero-order valence-corrected chi connectivity index (χ0v) is 14.5. The number of aliphatic imine (C=N–C) groups is 1. The van der Waals surface area contributed by atoms with Crippen LogP contribution in [0.1, 0.15) is 18.4 Å². The third-order valence-electron chi connectivity index (χ3n) is 3.80. The molecule has 1 atom stereocenters. The summed E-state index contributed by atoms with van der Waals surface area (Å²) in [6.45, 7) is 2.34. The number of nitrogens with zero attached hydrogens (tertiary/aromatic N) is 1. The van der Waals surface area contributed by atoms with Crippen molar-refractivity contribution in [3.63, 3.8) is 0 Å². The van der Waals surface area contributed by atoms with E-state index in [1.54, 1.807) is 19.2 Å². The largest absolute Gasteiger partial charge is 0.376 e. The standard InChI is InChI=1S/C16H25N3O3S/c1-17-16(19-12-14-4-3-11-22-14)18-10-9-13-5-7-15(8-6-13)23(2,20)21/h5-8,14H,3-4,9-12H2,1-2H3,(H2,17,18,19). The van der Waals surface area contributed by atoms with Gasteiger partial charge in [-0.3, -0.25) is 4.99 Å². The molecule has 1 saturated heterocycles. The van der Waals surface area contributed by atoms with Crippen molar-refractivity contribution < 1.29 is 13.2 Å². The maximum absolute atomic E-state index is 11.4. The Labute approximate surface area is 138 Å². The Hall–Kier alpha value is -1.60. The van der Waals surface area contributed by atoms with Gasteiger partial charge in [0.15, 0.2) is 15.8 Å². The summed E-state index contributed by atoms with van der Waals surface area (Å²) in [6.07, 6.45) is 4.51. The van der Waals surface area contributed by atoms with Crippen LogP contribution in [-0.2, 0) is 21.0 Å². The summed E-state index contributed by atoms with van der Waals surface area (Å²) in [5, 5.41) is 6.51. The Morgan fingerprint density at radius 2 is 2.04 bits per heavy atom. The Bertz CT molecular complexity index is 620. The molecular weight excluding hydrogens is 314 g/mol. The average molecular weight is 339 g/mol. The van der Waals surface area contributed by atoms with Gasteiger partial charge >= 0.3 is 0 Å². The number of nitrogens with one attached hydrogen (secondary N) is 2. The van der Waals surface area contributed by atoms with Crippen LogP contribution in [-0.4, -0.2) is 53.5 Å². The molecule has 0 aliphatic carbocycles. The maximum atomic E-state index is 11.4. The van der Waals surface area contributed by atoms with Gasteiger partial charge in [-0.2, -0.15) is 0 Å². The monoisotopic (exact) mass is 339 g/mol. The molecule has 1 aromatic carbocycles. The van der Waals surface area contributed by atoms with E-state index in [2.05, 4.69) is 15.6 Å². The van der Waals surface area contributed by atoms with Gasteiger partial charge < -0.3 is 15.4 Å². The summed E-state index contributed by atoms with van der Waals surface area (Å²) in [4.78, 5) is 4.54. The SMILES string of the molecule is CN=C(NCCc1ccc(S(C)(=O)=O)cc1)NCC1CCCO1. The quantitative estimate of drug-likeness (QED) is 0.596. The molecule has 0 saturated carbocycles. The summed E-state index contributed by atoms with van der Waals surface area (Å²) in [5.74, 6) is 0.758. The van der Waals surface area contributed by atoms with Crippen LogP contribution >= 0.6 is 0 Å². The second-order valence-corrected chi connectivity index (χ2v) is 7.70. The molecule has 2 N–H and O–H groups in total. The molecule has 1 aromatic rings. The Morgan fingerprint density at radius 3 is 2.61 bits per heavy atom. The molecule has 7 heteroatoms. The van der Waals surface area contributed by atoms with Crippen LogP contribution in [0.4, 0.5) is 0 Å². The van der Waals surface area contributed by atoms with E-state index in [1.807, 2.05) is 12.1 Å². The molecule has 0 amide bonds. The number of rotatable bonds is 6. The van der Waals surface area contributed by atoms with Crippen LogP contribution < -0.4 is 10.6 Å². The fraction of sp³-hybridized carbons (Fsp3) is 0.562. The molecule has 23 heavy (non-hydrogen) atoms. The van der Waals surface area contributed by atoms with Crippen molar-refractivity contribution in [2.45, 2.75) is 30.3 Å². The lowest BCUT2D eigenvalue weighted by Crippen LogP contribution is -2.41. The van der Waals surface area contributed by atoms with Crippen molar-refractivity contribution in [1.82, 2.24) is 10.6 Å². The van der Waals surface area contributed by atoms with Crippen LogP contribution in [0.15, 0.2) is 34.2 Å². The van der Waals surface area contributed by atoms with Gasteiger partial charge in [0.1, 0.15) is 0 Å². The van der Waals surface area contributed by atoms with Crippen molar-refractivity contribution in [2.75, 3.05) is 33.0 Å². The first-order valence-electron chi connectivity index (χ1n) is 7.84. The normalized spacial score (nSPS) is 18.9. The highest BCUT2D eigenvalue weighted by Crippen LogP contribution is 2.11. The fourth-order valence-corrected chi connectivity index (χ4v) is 3.10. The van der Waals surface area contributed by atoms with Crippen molar-refractivity contribution >= 4 is 15.8 Å². The van der Waals surface area contributed by atoms with Gasteiger partial charge in [-0.05, 0) is 37.0 Å². The fourth-order valence-electron chi connectivity index (χ4n) is 2.47. The van der Waals surface area contributed by atoms with E-state index in [9.17, 15) is 8.42 Å². The van der Waals surface area contributed by atoms with Crippen molar-refractivity contribution in [3.05, 3.63) is 29.8 Å². The zero-order valence-electron chi connectivity index (χ0n) is 13.7. The molecule has 1 aliphatic heterocycles. The first-order valence-corrected chi connectivity index (χ1v) is 9.73. The molecule has 1 unspecified atom stereocenters. The topological polar surface area (TPSA) is 79.8 Å². The molecule has 1 heterocycles. The van der Waals surface area contributed by atoms with Crippen LogP contribution in [0, 0.1) is 0 Å². The third kappa shape index (κ3) is 5.84. The van der Waals surface area contributed by atoms with Gasteiger partial charge in [0, 0.05) is 33.0 Å². The van der Waals surface area contributed by atoms with E-state index in [0.717, 1.165) is 50.5 Å². The van der Waals surface area contributed by atoms with Crippen LogP contribution in [0.5, 0.6) is 0 Å². The lowest BCUT2D eigenvalue weighted by Gasteiger charge is -2.15. The molecule has 128 valence electrons. The minimum absolute atomic E-state index is 0.275. The molecule has 0 spiro atoms. The molecule has 1 fully saturated rings. The van der Waals surface area contributed by atoms with Crippen LogP contribution in [0.2, 0.25) is 0 Å². The highest BCUT2D eigenvalue weighted by atomic mass is 32.2. The molecule has 0 bridgehead atoms. The highest BCUT2D eigenvalue weighted by Gasteiger charge is 2.15. The van der Waals surface area contributed by atoms with E-state index in [1.165, 1.54) is 6.26 Å². The second kappa shape index (κ2) is 8.31. The van der Waals surface area contributed by atoms with Crippen molar-refractivity contribution in [2.24, 2.45) is 4.99 Å². The van der Waals surface area contributed by atoms with E-state index in [-0.39, 0.29) is 6.10 Å². The zero-order chi connectivity index (χ0) is 16.7. The van der Waals surface area contributed by atoms with Crippen LogP contribution in [0.3, 0.4) is 0 Å². The molecule has 1 aliphatic rings. The van der Waals surface area contributed by atoms with E-state index in [4.69, 9.17) is 4.74 Å². The number of guanidine groups is 1. The number of hydrogen-bond donors (Lipinski definition) is 2. The van der Waals surface area contributed by atoms with Crippen molar-refractivity contribution in [3.8, 4) is 0 Å². The van der Waals surface area contributed by atoms with E-state index >= 15 is 0 Å². The summed E-state index contributed by atoms with van der Waals surface area (Å²) >= 11 is 0. The lowest BCUT2D eigenvalue weighted by atomic mass is 10.1. The molecule has 0 radical (unpaired) electrons. The summed E-state index contributed by atoms with van der Waals surface area (Å²) in [5.41, 5.74) is 1.08. The Kier molecular flexibility index (Phi) is 6.41. The van der Waals surface area contributed by atoms with Gasteiger partial charge in [-0.1, -0.05) is 12.1 Å². The number of ether oxygens (including phenoxy) is 1. The van der Waals surface area contributed by atoms with Crippen molar-refractivity contribution in [1.29, 1.82) is 0 Å². The first kappa shape index (κ1) is 17.7. The Balaban J connectivity index is 1.74. The first-order chi connectivity index (χ1) is 11.0. The summed E-state index contributed by atoms with van der Waals surface area (Å²) in [6, 6.07) is 6.99. The van der Waals surface area contributed by atoms with Gasteiger partial charge in [0.25, 0.3) is 0 Å². The average Bonchev–Trinajstić information content (AvgIpc) is 3.03. The summed E-state index contributed by atoms with van der Waals surface area (Å²) < 4.78 is 28.4. The molecular formula is C16H25N3O3S. The van der Waals surface area contributed by atoms with E-state index in [0.29, 0.717) is 4.90 Å². The smallest absolute Gasteiger partial charge is 0.191 e. The van der Waals surface area contributed by atoms with Gasteiger partial charge in [0.05, 0.1) is 11.0 Å². The highest BCUT2D eigenvalue weighted by molar-refractivity contribution is 7.90. The Morgan fingerprint density at radius 1 is 1.30 bits per heavy atom. The number of benzene rings is 1. The molecule has 6 nitrogen and oxygen atoms in total. The predicted octanol–water partition coefficient (Wildman–Crippen LogP) is 0.977. The maximum Gasteiger partial charge on any atom is 0.191 e. The second-order valence-electron chi connectivity index (χ2n) is 5.68. The van der Waals surface area contributed by atoms with Crippen LogP contribution in [0.25, 0.3) is 0 Å². The third-order valence-corrected chi connectivity index (χ3v) is 4.93. The van der Waals surface area contributed by atoms with Gasteiger partial charge in [0.2, 0.25) is 0 Å². The minimum Gasteiger partial charge on any atom is -0.376 e. The molecule has 2 rings (SSSR count). The van der Waals surface area contributed by atoms with Gasteiger partial charge in [-0.15, -0.1) is 0 Å². The summed E-state index contributed by atoms with van der Waals surface area (Å²) in [7, 11) is -1.39. The number of sulfone groups is 1. The number of hydrogen-bond acceptors (Lipinski definition) is 4. The van der Waals surface area contributed by atoms with Gasteiger partial charge in [-0.25, -0.2) is 8.42 Å². The lowest BCUT2D eigenvalue weighted by molar-refractivity contribution is 0.114. The predicted molar refractivity (Wildman–Crippen MR) is 91.6 cm³/mol. The molecule has 0 aromatic heterocycles. The minimum atomic E-state index is -3.13. The van der Waals surface area contributed by atoms with E-state index < -0.39 is 9.84 Å².